The lowest BCUT2D eigenvalue weighted by atomic mass is 10.1. The molecule has 0 unspecified atom stereocenters. The second-order valence-corrected chi connectivity index (χ2v) is 9.00. The fourth-order valence-electron chi connectivity index (χ4n) is 3.06. The lowest BCUT2D eigenvalue weighted by Gasteiger charge is -2.27. The first kappa shape index (κ1) is 18.7. The van der Waals surface area contributed by atoms with E-state index in [0.29, 0.717) is 18.0 Å². The number of halogens is 1. The minimum absolute atomic E-state index is 0.0194. The van der Waals surface area contributed by atoms with E-state index >= 15 is 0 Å². The van der Waals surface area contributed by atoms with Crippen LogP contribution >= 0.6 is 11.6 Å². The molecule has 0 spiro atoms. The maximum absolute atomic E-state index is 12.8. The third-order valence-corrected chi connectivity index (χ3v) is 6.53. The van der Waals surface area contributed by atoms with Crippen molar-refractivity contribution < 1.29 is 13.2 Å². The molecule has 1 aliphatic rings. The highest BCUT2D eigenvalue weighted by molar-refractivity contribution is 7.91. The van der Waals surface area contributed by atoms with Crippen molar-refractivity contribution in [3.8, 4) is 0 Å². The van der Waals surface area contributed by atoms with Crippen molar-refractivity contribution in [2.75, 3.05) is 11.5 Å². The fourth-order valence-corrected chi connectivity index (χ4v) is 4.98. The van der Waals surface area contributed by atoms with Crippen molar-refractivity contribution >= 4 is 33.4 Å². The van der Waals surface area contributed by atoms with Crippen molar-refractivity contribution in [1.82, 2.24) is 4.90 Å². The van der Waals surface area contributed by atoms with Crippen LogP contribution in [-0.4, -0.2) is 36.8 Å². The third kappa shape index (κ3) is 4.74. The summed E-state index contributed by atoms with van der Waals surface area (Å²) in [5, 5.41) is 0.564. The first-order valence-electron chi connectivity index (χ1n) is 8.42. The van der Waals surface area contributed by atoms with Crippen LogP contribution in [0.3, 0.4) is 0 Å². The highest BCUT2D eigenvalue weighted by Crippen LogP contribution is 2.22. The highest BCUT2D eigenvalue weighted by atomic mass is 35.5. The van der Waals surface area contributed by atoms with Gasteiger partial charge in [-0.25, -0.2) is 8.42 Å². The van der Waals surface area contributed by atoms with Gasteiger partial charge in [0.05, 0.1) is 11.5 Å². The molecule has 1 saturated heterocycles. The first-order chi connectivity index (χ1) is 12.4. The second kappa shape index (κ2) is 8.06. The number of benzene rings is 2. The average Bonchev–Trinajstić information content (AvgIpc) is 2.99. The number of sulfone groups is 1. The van der Waals surface area contributed by atoms with Crippen molar-refractivity contribution in [1.29, 1.82) is 0 Å². The summed E-state index contributed by atoms with van der Waals surface area (Å²) in [5.74, 6) is -0.0634. The Hall–Kier alpha value is -2.11. The molecule has 4 nitrogen and oxygen atoms in total. The van der Waals surface area contributed by atoms with Crippen molar-refractivity contribution in [2.24, 2.45) is 0 Å². The number of carbonyl (C=O) groups is 1. The summed E-state index contributed by atoms with van der Waals surface area (Å²) < 4.78 is 23.7. The van der Waals surface area contributed by atoms with Gasteiger partial charge >= 0.3 is 0 Å². The molecule has 2 aromatic carbocycles. The van der Waals surface area contributed by atoms with E-state index in [4.69, 9.17) is 11.6 Å². The maximum atomic E-state index is 12.8. The van der Waals surface area contributed by atoms with E-state index in [-0.39, 0.29) is 23.5 Å². The lowest BCUT2D eigenvalue weighted by Crippen LogP contribution is -2.39. The summed E-state index contributed by atoms with van der Waals surface area (Å²) in [6, 6.07) is 16.5. The Morgan fingerprint density at radius 1 is 1.12 bits per heavy atom. The number of hydrogen-bond donors (Lipinski definition) is 0. The summed E-state index contributed by atoms with van der Waals surface area (Å²) in [6.07, 6.45) is 3.61. The highest BCUT2D eigenvalue weighted by Gasteiger charge is 2.34. The van der Waals surface area contributed by atoms with Gasteiger partial charge in [-0.3, -0.25) is 4.79 Å². The van der Waals surface area contributed by atoms with Crippen LogP contribution in [-0.2, 0) is 21.2 Å². The van der Waals surface area contributed by atoms with E-state index in [9.17, 15) is 13.2 Å². The number of rotatable bonds is 5. The minimum atomic E-state index is -3.08. The van der Waals surface area contributed by atoms with E-state index in [1.54, 1.807) is 17.0 Å². The normalized spacial score (nSPS) is 18.9. The summed E-state index contributed by atoms with van der Waals surface area (Å²) in [6.45, 7) is 0.382. The summed E-state index contributed by atoms with van der Waals surface area (Å²) in [4.78, 5) is 14.5. The Kier molecular flexibility index (Phi) is 5.79. The van der Waals surface area contributed by atoms with E-state index in [0.717, 1.165) is 11.1 Å². The van der Waals surface area contributed by atoms with Gasteiger partial charge < -0.3 is 4.90 Å². The SMILES string of the molecule is O=C(/C=C/c1ccccc1Cl)N(Cc1ccccc1)[C@@H]1CCS(=O)(=O)C1. The van der Waals surface area contributed by atoms with Gasteiger partial charge in [0.15, 0.2) is 9.84 Å². The van der Waals surface area contributed by atoms with Gasteiger partial charge in [-0.05, 0) is 29.7 Å². The topological polar surface area (TPSA) is 54.5 Å². The lowest BCUT2D eigenvalue weighted by molar-refractivity contribution is -0.128. The third-order valence-electron chi connectivity index (χ3n) is 4.44. The second-order valence-electron chi connectivity index (χ2n) is 6.36. The van der Waals surface area contributed by atoms with E-state index in [2.05, 4.69) is 0 Å². The smallest absolute Gasteiger partial charge is 0.247 e. The van der Waals surface area contributed by atoms with Crippen molar-refractivity contribution in [3.63, 3.8) is 0 Å². The van der Waals surface area contributed by atoms with Gasteiger partial charge in [0.25, 0.3) is 0 Å². The van der Waals surface area contributed by atoms with Crippen LogP contribution in [0.25, 0.3) is 6.08 Å². The minimum Gasteiger partial charge on any atom is -0.331 e. The molecule has 136 valence electrons. The Labute approximate surface area is 159 Å². The fraction of sp³-hybridized carbons (Fsp3) is 0.250. The van der Waals surface area contributed by atoms with Gasteiger partial charge in [-0.1, -0.05) is 60.1 Å². The van der Waals surface area contributed by atoms with Crippen LogP contribution in [0.1, 0.15) is 17.5 Å². The van der Waals surface area contributed by atoms with Gasteiger partial charge in [-0.2, -0.15) is 0 Å². The molecule has 3 rings (SSSR count). The molecule has 26 heavy (non-hydrogen) atoms. The first-order valence-corrected chi connectivity index (χ1v) is 10.6. The molecule has 1 fully saturated rings. The zero-order valence-electron chi connectivity index (χ0n) is 14.2. The summed E-state index contributed by atoms with van der Waals surface area (Å²) in [7, 11) is -3.08. The number of carbonyl (C=O) groups excluding carboxylic acids is 1. The Bertz CT molecular complexity index is 910. The predicted octanol–water partition coefficient (Wildman–Crippen LogP) is 3.57. The zero-order valence-corrected chi connectivity index (χ0v) is 15.8. The summed E-state index contributed by atoms with van der Waals surface area (Å²) >= 11 is 6.13. The molecule has 1 atom stereocenters. The molecule has 6 heteroatoms. The standard InChI is InChI=1S/C20H20ClNO3S/c21-19-9-5-4-8-17(19)10-11-20(23)22(14-16-6-2-1-3-7-16)18-12-13-26(24,25)15-18/h1-11,18H,12-15H2/b11-10+/t18-/m1/s1. The van der Waals surface area contributed by atoms with E-state index < -0.39 is 9.84 Å². The van der Waals surface area contributed by atoms with Crippen LogP contribution in [0.2, 0.25) is 5.02 Å². The average molecular weight is 390 g/mol. The van der Waals surface area contributed by atoms with Crippen molar-refractivity contribution in [2.45, 2.75) is 19.0 Å². The maximum Gasteiger partial charge on any atom is 0.247 e. The quantitative estimate of drug-likeness (QED) is 0.734. The molecular formula is C20H20ClNO3S. The van der Waals surface area contributed by atoms with Crippen LogP contribution in [0, 0.1) is 0 Å². The molecule has 0 bridgehead atoms. The van der Waals surface area contributed by atoms with Crippen LogP contribution in [0.15, 0.2) is 60.7 Å². The van der Waals surface area contributed by atoms with Crippen LogP contribution in [0.5, 0.6) is 0 Å². The largest absolute Gasteiger partial charge is 0.331 e. The molecule has 1 aliphatic heterocycles. The Balaban J connectivity index is 1.82. The molecule has 0 radical (unpaired) electrons. The van der Waals surface area contributed by atoms with E-state index in [1.165, 1.54) is 6.08 Å². The molecule has 2 aromatic rings. The molecule has 0 aliphatic carbocycles. The Morgan fingerprint density at radius 3 is 2.46 bits per heavy atom. The van der Waals surface area contributed by atoms with Crippen LogP contribution < -0.4 is 0 Å². The molecular weight excluding hydrogens is 370 g/mol. The predicted molar refractivity (Wildman–Crippen MR) is 105 cm³/mol. The van der Waals surface area contributed by atoms with Gasteiger partial charge in [0, 0.05) is 23.7 Å². The van der Waals surface area contributed by atoms with Crippen molar-refractivity contribution in [3.05, 3.63) is 76.8 Å². The molecule has 0 N–H and O–H groups in total. The molecule has 0 aromatic heterocycles. The molecule has 1 heterocycles. The van der Waals surface area contributed by atoms with Gasteiger partial charge in [-0.15, -0.1) is 0 Å². The van der Waals surface area contributed by atoms with Gasteiger partial charge in [0.2, 0.25) is 5.91 Å². The number of nitrogens with zero attached hydrogens (tertiary/aromatic N) is 1. The van der Waals surface area contributed by atoms with Crippen LogP contribution in [0.4, 0.5) is 0 Å². The van der Waals surface area contributed by atoms with E-state index in [1.807, 2.05) is 48.5 Å². The number of amides is 1. The zero-order chi connectivity index (χ0) is 18.6. The Morgan fingerprint density at radius 2 is 1.81 bits per heavy atom. The van der Waals surface area contributed by atoms with Gasteiger partial charge in [0.1, 0.15) is 0 Å². The monoisotopic (exact) mass is 389 g/mol. The number of hydrogen-bond acceptors (Lipinski definition) is 3. The summed E-state index contributed by atoms with van der Waals surface area (Å²) in [5.41, 5.74) is 1.72. The molecule has 1 amide bonds. The molecule has 0 saturated carbocycles.